The molecule has 2 aliphatic heterocycles. The number of esters is 3. The van der Waals surface area contributed by atoms with Gasteiger partial charge in [-0.15, -0.1) is 0 Å². The average molecular weight is 479 g/mol. The van der Waals surface area contributed by atoms with E-state index in [0.29, 0.717) is 6.42 Å². The van der Waals surface area contributed by atoms with Crippen LogP contribution in [0.3, 0.4) is 0 Å². The van der Waals surface area contributed by atoms with Gasteiger partial charge in [-0.05, 0) is 0 Å². The van der Waals surface area contributed by atoms with Crippen molar-refractivity contribution in [2.75, 3.05) is 12.4 Å². The smallest absolute Gasteiger partial charge is 0.302 e. The van der Waals surface area contributed by atoms with Crippen LogP contribution in [0, 0.1) is 0 Å². The van der Waals surface area contributed by atoms with Gasteiger partial charge in [-0.1, -0.05) is 11.8 Å². The van der Waals surface area contributed by atoms with Crippen molar-refractivity contribution in [3.63, 3.8) is 0 Å². The van der Waals surface area contributed by atoms with Gasteiger partial charge in [0.1, 0.15) is 24.9 Å². The molecular weight excluding hydrogens is 448 g/mol. The molecule has 0 aliphatic carbocycles. The Morgan fingerprint density at radius 3 is 2.16 bits per heavy atom. The fourth-order valence-electron chi connectivity index (χ4n) is 3.49. The second kappa shape index (κ2) is 12.5. The summed E-state index contributed by atoms with van der Waals surface area (Å²) in [5.41, 5.74) is 0. The molecule has 0 aromatic heterocycles. The van der Waals surface area contributed by atoms with Crippen LogP contribution in [-0.2, 0) is 47.6 Å². The number of hydrogen-bond donors (Lipinski definition) is 1. The van der Waals surface area contributed by atoms with E-state index in [2.05, 4.69) is 0 Å². The van der Waals surface area contributed by atoms with Gasteiger partial charge in [0.15, 0.2) is 17.7 Å². The van der Waals surface area contributed by atoms with Crippen LogP contribution < -0.4 is 0 Å². The van der Waals surface area contributed by atoms with Gasteiger partial charge >= 0.3 is 17.9 Å². The van der Waals surface area contributed by atoms with E-state index in [9.17, 15) is 24.3 Å². The first-order chi connectivity index (χ1) is 15.0. The van der Waals surface area contributed by atoms with Crippen LogP contribution in [0.4, 0.5) is 0 Å². The molecule has 0 spiro atoms. The van der Waals surface area contributed by atoms with Gasteiger partial charge in [0, 0.05) is 52.7 Å². The molecule has 12 heteroatoms. The number of carbonyl (C=O) groups excluding carboxylic acids is 4. The summed E-state index contributed by atoms with van der Waals surface area (Å²) < 4.78 is 33.0. The fraction of sp³-hybridized carbons (Fsp3) is 0.800. The van der Waals surface area contributed by atoms with E-state index in [1.807, 2.05) is 0 Å². The first kappa shape index (κ1) is 26.5. The molecule has 2 saturated heterocycles. The quantitative estimate of drug-likeness (QED) is 0.387. The molecule has 0 aromatic rings. The Bertz CT molecular complexity index is 684. The van der Waals surface area contributed by atoms with E-state index < -0.39 is 61.0 Å². The lowest BCUT2D eigenvalue weighted by Gasteiger charge is -2.41. The second-order valence-corrected chi connectivity index (χ2v) is 8.81. The summed E-state index contributed by atoms with van der Waals surface area (Å²) >= 11 is 0.970. The van der Waals surface area contributed by atoms with Gasteiger partial charge in [-0.2, -0.15) is 0 Å². The third-order valence-electron chi connectivity index (χ3n) is 4.72. The molecule has 0 aromatic carbocycles. The number of aliphatic hydroxyl groups excluding tert-OH is 1. The zero-order chi connectivity index (χ0) is 23.8. The molecule has 7 atom stereocenters. The Hall–Kier alpha value is -1.73. The molecular formula is C20H30O11S. The van der Waals surface area contributed by atoms with E-state index >= 15 is 0 Å². The molecule has 182 valence electrons. The summed E-state index contributed by atoms with van der Waals surface area (Å²) in [6, 6.07) is 0. The number of aliphatic hydroxyl groups is 1. The van der Waals surface area contributed by atoms with E-state index in [0.717, 1.165) is 11.8 Å². The minimum Gasteiger partial charge on any atom is -0.463 e. The largest absolute Gasteiger partial charge is 0.463 e. The number of rotatable bonds is 8. The van der Waals surface area contributed by atoms with Crippen molar-refractivity contribution < 1.29 is 52.7 Å². The lowest BCUT2D eigenvalue weighted by Crippen LogP contribution is -2.53. The summed E-state index contributed by atoms with van der Waals surface area (Å²) in [5.74, 6) is -1.36. The minimum atomic E-state index is -1.14. The summed E-state index contributed by atoms with van der Waals surface area (Å²) in [6.45, 7) is 5.15. The van der Waals surface area contributed by atoms with Crippen LogP contribution in [0.15, 0.2) is 0 Å². The van der Waals surface area contributed by atoms with E-state index in [1.165, 1.54) is 27.7 Å². The van der Waals surface area contributed by atoms with Crippen LogP contribution in [0.1, 0.15) is 47.0 Å². The van der Waals surface area contributed by atoms with Crippen molar-refractivity contribution in [1.82, 2.24) is 0 Å². The van der Waals surface area contributed by atoms with Crippen molar-refractivity contribution >= 4 is 34.8 Å². The van der Waals surface area contributed by atoms with Crippen LogP contribution in [-0.4, -0.2) is 83.6 Å². The molecule has 0 saturated carbocycles. The van der Waals surface area contributed by atoms with Gasteiger partial charge < -0.3 is 33.5 Å². The molecule has 2 heterocycles. The molecule has 0 bridgehead atoms. The molecule has 1 unspecified atom stereocenters. The van der Waals surface area contributed by atoms with Crippen LogP contribution in [0.2, 0.25) is 0 Å². The topological polar surface area (TPSA) is 144 Å². The highest BCUT2D eigenvalue weighted by Crippen LogP contribution is 2.30. The molecule has 1 N–H and O–H groups in total. The average Bonchev–Trinajstić information content (AvgIpc) is 2.66. The maximum absolute atomic E-state index is 11.5. The number of ether oxygens (including phenoxy) is 6. The Balaban J connectivity index is 2.07. The predicted molar refractivity (Wildman–Crippen MR) is 109 cm³/mol. The molecule has 2 aliphatic rings. The number of hydrogen-bond acceptors (Lipinski definition) is 12. The summed E-state index contributed by atoms with van der Waals surface area (Å²) in [6.07, 6.45) is -5.15. The second-order valence-electron chi connectivity index (χ2n) is 7.61. The molecule has 11 nitrogen and oxygen atoms in total. The Morgan fingerprint density at radius 2 is 1.56 bits per heavy atom. The highest BCUT2D eigenvalue weighted by atomic mass is 32.2. The zero-order valence-electron chi connectivity index (χ0n) is 18.5. The summed E-state index contributed by atoms with van der Waals surface area (Å²) in [4.78, 5) is 45.3. The molecule has 0 amide bonds. The maximum Gasteiger partial charge on any atom is 0.302 e. The van der Waals surface area contributed by atoms with Crippen molar-refractivity contribution in [2.45, 2.75) is 90.1 Å². The van der Waals surface area contributed by atoms with Crippen molar-refractivity contribution in [1.29, 1.82) is 0 Å². The van der Waals surface area contributed by atoms with E-state index in [4.69, 9.17) is 28.4 Å². The Labute approximate surface area is 190 Å². The SMILES string of the molecule is CC(=O)OC[C@@H]1C[C@H](OC(C)=O)CC(O[C@@H]2C[C@@H](OC(C)=O)[C@H](O)[C@@H](CSC(C)=O)O2)O1. The van der Waals surface area contributed by atoms with Crippen molar-refractivity contribution in [2.24, 2.45) is 0 Å². The fourth-order valence-corrected chi connectivity index (χ4v) is 4.17. The first-order valence-electron chi connectivity index (χ1n) is 10.3. The summed E-state index contributed by atoms with van der Waals surface area (Å²) in [5, 5.41) is 10.3. The van der Waals surface area contributed by atoms with Gasteiger partial charge in [0.05, 0.1) is 12.2 Å². The van der Waals surface area contributed by atoms with Crippen molar-refractivity contribution in [3.05, 3.63) is 0 Å². The lowest BCUT2D eigenvalue weighted by molar-refractivity contribution is -0.319. The van der Waals surface area contributed by atoms with Crippen LogP contribution >= 0.6 is 11.8 Å². The van der Waals surface area contributed by atoms with Gasteiger partial charge in [0.2, 0.25) is 0 Å². The maximum atomic E-state index is 11.5. The molecule has 32 heavy (non-hydrogen) atoms. The van der Waals surface area contributed by atoms with E-state index in [-0.39, 0.29) is 30.3 Å². The van der Waals surface area contributed by atoms with Crippen molar-refractivity contribution in [3.8, 4) is 0 Å². The normalized spacial score (nSPS) is 32.6. The monoisotopic (exact) mass is 478 g/mol. The standard InChI is InChI=1S/C20H30O11S/c1-10(21)26-8-15-5-14(27-11(2)22)6-18(29-15)31-19-7-16(28-12(3)23)20(25)17(30-19)9-32-13(4)24/h14-20,25H,5-9H2,1-4H3/t14-,15-,16+,17+,18?,19+,20-/m0/s1. The van der Waals surface area contributed by atoms with Crippen LogP contribution in [0.25, 0.3) is 0 Å². The number of carbonyl (C=O) groups is 4. The Morgan fingerprint density at radius 1 is 0.906 bits per heavy atom. The third kappa shape index (κ3) is 9.02. The molecule has 2 fully saturated rings. The minimum absolute atomic E-state index is 0.0364. The third-order valence-corrected chi connectivity index (χ3v) is 5.62. The highest BCUT2D eigenvalue weighted by Gasteiger charge is 2.42. The highest BCUT2D eigenvalue weighted by molar-refractivity contribution is 8.13. The van der Waals surface area contributed by atoms with Crippen LogP contribution in [0.5, 0.6) is 0 Å². The predicted octanol–water partition coefficient (Wildman–Crippen LogP) is 0.690. The summed E-state index contributed by atoms with van der Waals surface area (Å²) in [7, 11) is 0. The number of thioether (sulfide) groups is 1. The van der Waals surface area contributed by atoms with Gasteiger partial charge in [-0.25, -0.2) is 0 Å². The molecule has 0 radical (unpaired) electrons. The first-order valence-corrected chi connectivity index (χ1v) is 11.3. The van der Waals surface area contributed by atoms with Gasteiger partial charge in [-0.3, -0.25) is 19.2 Å². The van der Waals surface area contributed by atoms with E-state index in [1.54, 1.807) is 0 Å². The lowest BCUT2D eigenvalue weighted by atomic mass is 10.0. The Kier molecular flexibility index (Phi) is 10.4. The van der Waals surface area contributed by atoms with Gasteiger partial charge in [0.25, 0.3) is 0 Å². The molecule has 2 rings (SSSR count). The zero-order valence-corrected chi connectivity index (χ0v) is 19.3.